The van der Waals surface area contributed by atoms with Crippen molar-refractivity contribution in [2.75, 3.05) is 19.0 Å². The lowest BCUT2D eigenvalue weighted by molar-refractivity contribution is 0.190. The van der Waals surface area contributed by atoms with E-state index >= 15 is 0 Å². The van der Waals surface area contributed by atoms with E-state index in [-0.39, 0.29) is 5.02 Å². The van der Waals surface area contributed by atoms with E-state index in [4.69, 9.17) is 16.3 Å². The monoisotopic (exact) mass is 297 g/mol. The van der Waals surface area contributed by atoms with Gasteiger partial charge in [0.25, 0.3) is 0 Å². The number of rotatable bonds is 6. The van der Waals surface area contributed by atoms with Crippen molar-refractivity contribution in [1.82, 2.24) is 9.55 Å². The van der Waals surface area contributed by atoms with Crippen LogP contribution in [0.1, 0.15) is 12.1 Å². The molecule has 1 aromatic carbocycles. The van der Waals surface area contributed by atoms with Gasteiger partial charge in [-0.25, -0.2) is 9.37 Å². The minimum absolute atomic E-state index is 0.0872. The molecular weight excluding hydrogens is 281 g/mol. The van der Waals surface area contributed by atoms with E-state index in [0.29, 0.717) is 18.2 Å². The number of benzene rings is 1. The zero-order valence-corrected chi connectivity index (χ0v) is 12.2. The van der Waals surface area contributed by atoms with Gasteiger partial charge in [-0.1, -0.05) is 17.7 Å². The number of hydrogen-bond donors (Lipinski definition) is 1. The summed E-state index contributed by atoms with van der Waals surface area (Å²) in [6, 6.07) is 4.84. The van der Waals surface area contributed by atoms with Crippen molar-refractivity contribution in [2.45, 2.75) is 19.9 Å². The lowest BCUT2D eigenvalue weighted by Crippen LogP contribution is -2.06. The third-order valence-corrected chi connectivity index (χ3v) is 3.13. The minimum Gasteiger partial charge on any atom is -0.385 e. The van der Waals surface area contributed by atoms with Gasteiger partial charge in [0.15, 0.2) is 5.82 Å². The van der Waals surface area contributed by atoms with Gasteiger partial charge in [-0.3, -0.25) is 0 Å². The Morgan fingerprint density at radius 2 is 2.25 bits per heavy atom. The van der Waals surface area contributed by atoms with E-state index in [2.05, 4.69) is 10.3 Å². The molecule has 0 bridgehead atoms. The smallest absolute Gasteiger partial charge is 0.207 e. The van der Waals surface area contributed by atoms with E-state index in [0.717, 1.165) is 18.7 Å². The summed E-state index contributed by atoms with van der Waals surface area (Å²) in [6.07, 6.45) is 2.78. The van der Waals surface area contributed by atoms with Gasteiger partial charge in [0.05, 0.1) is 16.4 Å². The molecule has 1 N–H and O–H groups in total. The Balaban J connectivity index is 2.18. The predicted molar refractivity (Wildman–Crippen MR) is 78.1 cm³/mol. The quantitative estimate of drug-likeness (QED) is 0.825. The molecule has 20 heavy (non-hydrogen) atoms. The van der Waals surface area contributed by atoms with Gasteiger partial charge in [0, 0.05) is 26.5 Å². The number of halogens is 2. The second kappa shape index (κ2) is 6.72. The van der Waals surface area contributed by atoms with Crippen LogP contribution in [-0.4, -0.2) is 23.3 Å². The van der Waals surface area contributed by atoms with Gasteiger partial charge in [0.1, 0.15) is 0 Å². The molecule has 1 heterocycles. The standard InChI is InChI=1S/C14H17ClFN3O/c1-10-9-19(7-4-8-20-2)14(17-10)18-12-6-3-5-11(15)13(12)16/h3,5-6,9H,4,7-8H2,1-2H3,(H,17,18). The fourth-order valence-electron chi connectivity index (χ4n) is 1.92. The highest BCUT2D eigenvalue weighted by Gasteiger charge is 2.10. The topological polar surface area (TPSA) is 39.1 Å². The zero-order chi connectivity index (χ0) is 14.5. The summed E-state index contributed by atoms with van der Waals surface area (Å²) in [7, 11) is 1.67. The molecule has 6 heteroatoms. The summed E-state index contributed by atoms with van der Waals surface area (Å²) in [5.41, 5.74) is 1.18. The minimum atomic E-state index is -0.474. The van der Waals surface area contributed by atoms with Crippen LogP contribution in [0, 0.1) is 12.7 Å². The molecule has 2 aromatic rings. The molecular formula is C14H17ClFN3O. The van der Waals surface area contributed by atoms with Crippen molar-refractivity contribution in [3.63, 3.8) is 0 Å². The van der Waals surface area contributed by atoms with Crippen LogP contribution in [0.25, 0.3) is 0 Å². The Morgan fingerprint density at radius 3 is 3.00 bits per heavy atom. The van der Waals surface area contributed by atoms with Crippen molar-refractivity contribution >= 4 is 23.2 Å². The molecule has 4 nitrogen and oxygen atoms in total. The highest BCUT2D eigenvalue weighted by atomic mass is 35.5. The van der Waals surface area contributed by atoms with Crippen LogP contribution in [-0.2, 0) is 11.3 Å². The molecule has 0 aliphatic carbocycles. The Labute approximate surface area is 122 Å². The summed E-state index contributed by atoms with van der Waals surface area (Å²) in [6.45, 7) is 3.31. The first-order valence-electron chi connectivity index (χ1n) is 6.35. The zero-order valence-electron chi connectivity index (χ0n) is 11.5. The second-order valence-electron chi connectivity index (χ2n) is 4.47. The summed E-state index contributed by atoms with van der Waals surface area (Å²) >= 11 is 5.77. The van der Waals surface area contributed by atoms with E-state index in [1.165, 1.54) is 6.07 Å². The van der Waals surface area contributed by atoms with Crippen molar-refractivity contribution < 1.29 is 9.13 Å². The van der Waals surface area contributed by atoms with Crippen molar-refractivity contribution in [2.24, 2.45) is 0 Å². The summed E-state index contributed by atoms with van der Waals surface area (Å²) in [5.74, 6) is 0.123. The molecule has 0 amide bonds. The molecule has 0 aliphatic heterocycles. The third kappa shape index (κ3) is 3.49. The van der Waals surface area contributed by atoms with Gasteiger partial charge >= 0.3 is 0 Å². The lowest BCUT2D eigenvalue weighted by atomic mass is 10.3. The van der Waals surface area contributed by atoms with Gasteiger partial charge in [0.2, 0.25) is 5.95 Å². The Hall–Kier alpha value is -1.59. The Morgan fingerprint density at radius 1 is 1.45 bits per heavy atom. The maximum atomic E-state index is 13.9. The number of aromatic nitrogens is 2. The molecule has 1 aromatic heterocycles. The van der Waals surface area contributed by atoms with Crippen LogP contribution >= 0.6 is 11.6 Å². The molecule has 108 valence electrons. The molecule has 0 unspecified atom stereocenters. The van der Waals surface area contributed by atoms with Crippen LogP contribution in [0.2, 0.25) is 5.02 Å². The maximum Gasteiger partial charge on any atom is 0.207 e. The van der Waals surface area contributed by atoms with Crippen LogP contribution in [0.5, 0.6) is 0 Å². The fourth-order valence-corrected chi connectivity index (χ4v) is 2.09. The summed E-state index contributed by atoms with van der Waals surface area (Å²) in [4.78, 5) is 4.36. The molecule has 0 aliphatic rings. The second-order valence-corrected chi connectivity index (χ2v) is 4.88. The largest absolute Gasteiger partial charge is 0.385 e. The average Bonchev–Trinajstić information content (AvgIpc) is 2.76. The van der Waals surface area contributed by atoms with Gasteiger partial charge in [-0.05, 0) is 25.5 Å². The van der Waals surface area contributed by atoms with Crippen LogP contribution in [0.4, 0.5) is 16.0 Å². The van der Waals surface area contributed by atoms with E-state index < -0.39 is 5.82 Å². The highest BCUT2D eigenvalue weighted by Crippen LogP contribution is 2.25. The average molecular weight is 298 g/mol. The predicted octanol–water partition coefficient (Wildman–Crippen LogP) is 3.76. The number of hydrogen-bond acceptors (Lipinski definition) is 3. The highest BCUT2D eigenvalue weighted by molar-refractivity contribution is 6.31. The lowest BCUT2D eigenvalue weighted by Gasteiger charge is -2.10. The van der Waals surface area contributed by atoms with Crippen LogP contribution < -0.4 is 5.32 Å². The van der Waals surface area contributed by atoms with Crippen molar-refractivity contribution in [3.05, 3.63) is 40.9 Å². The molecule has 2 rings (SSSR count). The van der Waals surface area contributed by atoms with E-state index in [1.54, 1.807) is 19.2 Å². The fraction of sp³-hybridized carbons (Fsp3) is 0.357. The molecule has 0 saturated heterocycles. The maximum absolute atomic E-state index is 13.9. The van der Waals surface area contributed by atoms with Gasteiger partial charge < -0.3 is 14.6 Å². The van der Waals surface area contributed by atoms with E-state index in [9.17, 15) is 4.39 Å². The molecule has 0 saturated carbocycles. The summed E-state index contributed by atoms with van der Waals surface area (Å²) < 4.78 is 20.9. The molecule has 0 atom stereocenters. The number of nitrogens with zero attached hydrogens (tertiary/aromatic N) is 2. The van der Waals surface area contributed by atoms with E-state index in [1.807, 2.05) is 17.7 Å². The van der Waals surface area contributed by atoms with Crippen LogP contribution in [0.15, 0.2) is 24.4 Å². The molecule has 0 spiro atoms. The van der Waals surface area contributed by atoms with Crippen molar-refractivity contribution in [3.8, 4) is 0 Å². The van der Waals surface area contributed by atoms with Crippen LogP contribution in [0.3, 0.4) is 0 Å². The van der Waals surface area contributed by atoms with Crippen molar-refractivity contribution in [1.29, 1.82) is 0 Å². The summed E-state index contributed by atoms with van der Waals surface area (Å²) in [5, 5.41) is 3.07. The number of anilines is 2. The van der Waals surface area contributed by atoms with Gasteiger partial charge in [-0.15, -0.1) is 0 Å². The first-order chi connectivity index (χ1) is 9.61. The third-order valence-electron chi connectivity index (χ3n) is 2.84. The SMILES string of the molecule is COCCCn1cc(C)nc1Nc1cccc(Cl)c1F. The first kappa shape index (κ1) is 14.8. The number of nitrogens with one attached hydrogen (secondary N) is 1. The Bertz CT molecular complexity index is 586. The number of imidazole rings is 1. The normalized spacial score (nSPS) is 10.8. The number of methoxy groups -OCH3 is 1. The molecule has 0 radical (unpaired) electrons. The first-order valence-corrected chi connectivity index (χ1v) is 6.73. The number of ether oxygens (including phenoxy) is 1. The number of aryl methyl sites for hydroxylation is 2. The Kier molecular flexibility index (Phi) is 4.98. The van der Waals surface area contributed by atoms with Gasteiger partial charge in [-0.2, -0.15) is 0 Å². The molecule has 0 fully saturated rings.